The van der Waals surface area contributed by atoms with E-state index < -0.39 is 11.8 Å². The van der Waals surface area contributed by atoms with Crippen molar-refractivity contribution in [1.29, 1.82) is 0 Å². The van der Waals surface area contributed by atoms with Crippen molar-refractivity contribution in [3.05, 3.63) is 63.6 Å². The normalized spacial score (nSPS) is 10.1. The molecule has 0 unspecified atom stereocenters. The maximum absolute atomic E-state index is 12.0. The summed E-state index contributed by atoms with van der Waals surface area (Å²) in [7, 11) is 0. The smallest absolute Gasteiger partial charge is 0.251 e. The zero-order chi connectivity index (χ0) is 19.1. The largest absolute Gasteiger partial charge is 0.345 e. The third-order valence-electron chi connectivity index (χ3n) is 3.34. The second-order valence-electron chi connectivity index (χ2n) is 5.50. The molecule has 8 heteroatoms. The van der Waals surface area contributed by atoms with Crippen LogP contribution in [-0.4, -0.2) is 30.8 Å². The van der Waals surface area contributed by atoms with Gasteiger partial charge >= 0.3 is 0 Å². The summed E-state index contributed by atoms with van der Waals surface area (Å²) in [5.74, 6) is -1.31. The van der Waals surface area contributed by atoms with E-state index >= 15 is 0 Å². The molecule has 0 aliphatic heterocycles. The molecule has 0 saturated carbocycles. The molecule has 0 spiro atoms. The van der Waals surface area contributed by atoms with E-state index in [9.17, 15) is 14.4 Å². The topological polar surface area (TPSA) is 87.3 Å². The molecule has 2 aromatic rings. The van der Waals surface area contributed by atoms with Crippen molar-refractivity contribution >= 4 is 46.6 Å². The number of benzene rings is 2. The van der Waals surface area contributed by atoms with E-state index in [2.05, 4.69) is 16.0 Å². The van der Waals surface area contributed by atoms with Gasteiger partial charge in [0.1, 0.15) is 0 Å². The van der Waals surface area contributed by atoms with Crippen molar-refractivity contribution in [2.75, 3.05) is 18.4 Å². The number of aryl methyl sites for hydroxylation is 1. The Morgan fingerprint density at radius 3 is 2.38 bits per heavy atom. The first kappa shape index (κ1) is 19.8. The van der Waals surface area contributed by atoms with Gasteiger partial charge in [-0.05, 0) is 37.3 Å². The first-order valence-corrected chi connectivity index (χ1v) is 8.47. The predicted octanol–water partition coefficient (Wildman–Crippen LogP) is 2.79. The van der Waals surface area contributed by atoms with Gasteiger partial charge in [0.25, 0.3) is 5.91 Å². The number of hydrogen-bond donors (Lipinski definition) is 3. The van der Waals surface area contributed by atoms with E-state index in [1.165, 1.54) is 6.07 Å². The second kappa shape index (κ2) is 9.22. The average Bonchev–Trinajstić information content (AvgIpc) is 2.61. The Labute approximate surface area is 160 Å². The van der Waals surface area contributed by atoms with Crippen molar-refractivity contribution in [3.63, 3.8) is 0 Å². The van der Waals surface area contributed by atoms with Crippen molar-refractivity contribution in [3.8, 4) is 0 Å². The van der Waals surface area contributed by atoms with Crippen LogP contribution < -0.4 is 16.0 Å². The molecule has 0 radical (unpaired) electrons. The monoisotopic (exact) mass is 393 g/mol. The van der Waals surface area contributed by atoms with E-state index in [4.69, 9.17) is 23.2 Å². The number of amides is 3. The Balaban J connectivity index is 1.77. The summed E-state index contributed by atoms with van der Waals surface area (Å²) in [4.78, 5) is 35.6. The lowest BCUT2D eigenvalue weighted by Crippen LogP contribution is -2.40. The average molecular weight is 394 g/mol. The second-order valence-corrected chi connectivity index (χ2v) is 6.34. The molecule has 0 bridgehead atoms. The van der Waals surface area contributed by atoms with Crippen LogP contribution in [0.15, 0.2) is 42.5 Å². The minimum absolute atomic E-state index is 0.238. The zero-order valence-electron chi connectivity index (χ0n) is 13.9. The fraction of sp³-hybridized carbons (Fsp3) is 0.167. The third-order valence-corrected chi connectivity index (χ3v) is 3.90. The molecule has 136 valence electrons. The number of rotatable bonds is 6. The summed E-state index contributed by atoms with van der Waals surface area (Å²) in [6.45, 7) is 1.37. The number of hydrogen-bond acceptors (Lipinski definition) is 3. The highest BCUT2D eigenvalue weighted by molar-refractivity contribution is 6.35. The summed E-state index contributed by atoms with van der Waals surface area (Å²) >= 11 is 11.8. The number of carbonyl (C=O) groups is 3. The van der Waals surface area contributed by atoms with Crippen molar-refractivity contribution < 1.29 is 14.4 Å². The summed E-state index contributed by atoms with van der Waals surface area (Å²) in [5, 5.41) is 8.21. The molecule has 3 N–H and O–H groups in total. The van der Waals surface area contributed by atoms with E-state index in [1.54, 1.807) is 30.3 Å². The molecule has 3 amide bonds. The molecule has 2 aromatic carbocycles. The summed E-state index contributed by atoms with van der Waals surface area (Å²) in [5.41, 5.74) is 1.76. The number of carbonyl (C=O) groups excluding carboxylic acids is 3. The Bertz CT molecular complexity index is 840. The minimum Gasteiger partial charge on any atom is -0.345 e. The van der Waals surface area contributed by atoms with Gasteiger partial charge in [0.2, 0.25) is 11.8 Å². The molecule has 0 atom stereocenters. The van der Waals surface area contributed by atoms with Gasteiger partial charge in [-0.3, -0.25) is 14.4 Å². The van der Waals surface area contributed by atoms with Crippen molar-refractivity contribution in [2.24, 2.45) is 0 Å². The number of anilines is 1. The van der Waals surface area contributed by atoms with Gasteiger partial charge in [0.05, 0.1) is 23.8 Å². The SMILES string of the molecule is Cc1cccc(C(=O)NCC(=O)NCC(=O)Nc2cc(Cl)ccc2Cl)c1. The van der Waals surface area contributed by atoms with Crippen LogP contribution in [0.25, 0.3) is 0 Å². The zero-order valence-corrected chi connectivity index (χ0v) is 15.4. The van der Waals surface area contributed by atoms with Crippen LogP contribution in [0.5, 0.6) is 0 Å². The highest BCUT2D eigenvalue weighted by Gasteiger charge is 2.11. The first-order chi connectivity index (χ1) is 12.3. The minimum atomic E-state index is -0.488. The fourth-order valence-electron chi connectivity index (χ4n) is 2.08. The third kappa shape index (κ3) is 6.06. The Morgan fingerprint density at radius 2 is 1.65 bits per heavy atom. The van der Waals surface area contributed by atoms with Gasteiger partial charge in [-0.15, -0.1) is 0 Å². The molecule has 0 aromatic heterocycles. The van der Waals surface area contributed by atoms with Gasteiger partial charge in [0, 0.05) is 10.6 Å². The van der Waals surface area contributed by atoms with Gasteiger partial charge in [-0.1, -0.05) is 40.9 Å². The molecule has 0 heterocycles. The van der Waals surface area contributed by atoms with E-state index in [0.717, 1.165) is 5.56 Å². The molecule has 6 nitrogen and oxygen atoms in total. The predicted molar refractivity (Wildman–Crippen MR) is 102 cm³/mol. The standard InChI is InChI=1S/C18H17Cl2N3O3/c1-11-3-2-4-12(7-11)18(26)22-9-16(24)21-10-17(25)23-15-8-13(19)5-6-14(15)20/h2-8H,9-10H2,1H3,(H,21,24)(H,22,26)(H,23,25). The van der Waals surface area contributed by atoms with Gasteiger partial charge in [-0.2, -0.15) is 0 Å². The van der Waals surface area contributed by atoms with Crippen LogP contribution in [0, 0.1) is 6.92 Å². The molecule has 2 rings (SSSR count). The van der Waals surface area contributed by atoms with Gasteiger partial charge < -0.3 is 16.0 Å². The van der Waals surface area contributed by atoms with Crippen molar-refractivity contribution in [1.82, 2.24) is 10.6 Å². The number of nitrogens with one attached hydrogen (secondary N) is 3. The lowest BCUT2D eigenvalue weighted by molar-refractivity contribution is -0.123. The van der Waals surface area contributed by atoms with E-state index in [-0.39, 0.29) is 19.0 Å². The molecule has 26 heavy (non-hydrogen) atoms. The quantitative estimate of drug-likeness (QED) is 0.704. The van der Waals surface area contributed by atoms with Crippen LogP contribution in [0.1, 0.15) is 15.9 Å². The highest BCUT2D eigenvalue weighted by Crippen LogP contribution is 2.25. The van der Waals surface area contributed by atoms with Gasteiger partial charge in [-0.25, -0.2) is 0 Å². The molecule has 0 saturated heterocycles. The molecule has 0 aliphatic carbocycles. The van der Waals surface area contributed by atoms with Crippen LogP contribution in [0.2, 0.25) is 10.0 Å². The summed E-state index contributed by atoms with van der Waals surface area (Å²) in [6.07, 6.45) is 0. The summed E-state index contributed by atoms with van der Waals surface area (Å²) < 4.78 is 0. The molecular weight excluding hydrogens is 377 g/mol. The maximum Gasteiger partial charge on any atom is 0.251 e. The Hall–Kier alpha value is -2.57. The fourth-order valence-corrected chi connectivity index (χ4v) is 2.41. The van der Waals surface area contributed by atoms with Crippen LogP contribution in [0.3, 0.4) is 0 Å². The first-order valence-electron chi connectivity index (χ1n) is 7.71. The van der Waals surface area contributed by atoms with Crippen molar-refractivity contribution in [2.45, 2.75) is 6.92 Å². The Morgan fingerprint density at radius 1 is 0.923 bits per heavy atom. The highest BCUT2D eigenvalue weighted by atomic mass is 35.5. The number of halogens is 2. The molecular formula is C18H17Cl2N3O3. The molecule has 0 fully saturated rings. The van der Waals surface area contributed by atoms with Gasteiger partial charge in [0.15, 0.2) is 0 Å². The van der Waals surface area contributed by atoms with Crippen LogP contribution in [-0.2, 0) is 9.59 Å². The van der Waals surface area contributed by atoms with E-state index in [0.29, 0.717) is 21.3 Å². The molecule has 0 aliphatic rings. The maximum atomic E-state index is 12.0. The lowest BCUT2D eigenvalue weighted by atomic mass is 10.1. The lowest BCUT2D eigenvalue weighted by Gasteiger charge is -2.09. The Kier molecular flexibility index (Phi) is 7.00. The van der Waals surface area contributed by atoms with E-state index in [1.807, 2.05) is 13.0 Å². The van der Waals surface area contributed by atoms with Crippen LogP contribution >= 0.6 is 23.2 Å². The summed E-state index contributed by atoms with van der Waals surface area (Å²) in [6, 6.07) is 11.7. The van der Waals surface area contributed by atoms with Crippen LogP contribution in [0.4, 0.5) is 5.69 Å².